The van der Waals surface area contributed by atoms with Crippen molar-refractivity contribution < 1.29 is 47.0 Å². The molecule has 3 N–H and O–H groups in total. The van der Waals surface area contributed by atoms with Crippen LogP contribution in [0.3, 0.4) is 0 Å². The number of aromatic amines is 2. The van der Waals surface area contributed by atoms with E-state index in [1.54, 1.807) is 0 Å². The zero-order valence-electron chi connectivity index (χ0n) is 25.0. The summed E-state index contributed by atoms with van der Waals surface area (Å²) in [6.45, 7) is 3.20. The van der Waals surface area contributed by atoms with Crippen LogP contribution in [0, 0.1) is 13.8 Å². The van der Waals surface area contributed by atoms with Gasteiger partial charge in [-0.25, -0.2) is 14.2 Å². The van der Waals surface area contributed by atoms with Crippen LogP contribution in [0.5, 0.6) is 0 Å². The first-order valence-electron chi connectivity index (χ1n) is 14.0. The molecule has 2 aliphatic rings. The Bertz CT molecular complexity index is 1700. The predicted octanol–water partition coefficient (Wildman–Crippen LogP) is -0.292. The molecule has 4 heterocycles. The minimum atomic E-state index is -4.42. The minimum absolute atomic E-state index is 0.0521. The molecular weight excluding hydrogens is 623 g/mol. The SMILES string of the molecule is COP(=O)(OC[C@H]1O[C@@H](n2cc(C)c(=O)[nH]c2=O)C[C@@H]1OC(=O)CCC(C)=O)O[C@H]1C[C@H](n2cc(C)c(=O)[nH]c2=O)O[C@@H]1CO. The number of H-pyrrole nitrogens is 2. The number of aliphatic hydroxyl groups is 1. The lowest BCUT2D eigenvalue weighted by atomic mass is 10.1. The number of phosphoric ester groups is 1. The Labute approximate surface area is 254 Å². The quantitative estimate of drug-likeness (QED) is 0.185. The number of esters is 1. The van der Waals surface area contributed by atoms with Gasteiger partial charge in [-0.15, -0.1) is 0 Å². The van der Waals surface area contributed by atoms with Crippen molar-refractivity contribution in [2.24, 2.45) is 0 Å². The normalized spacial score (nSPS) is 26.1. The van der Waals surface area contributed by atoms with Gasteiger partial charge in [0.15, 0.2) is 0 Å². The van der Waals surface area contributed by atoms with Crippen LogP contribution in [-0.4, -0.2) is 80.7 Å². The number of aliphatic hydroxyl groups excluding tert-OH is 1. The van der Waals surface area contributed by atoms with Gasteiger partial charge < -0.3 is 24.1 Å². The van der Waals surface area contributed by atoms with Crippen LogP contribution in [0.1, 0.15) is 56.2 Å². The largest absolute Gasteiger partial charge is 0.474 e. The van der Waals surface area contributed by atoms with Crippen molar-refractivity contribution in [1.29, 1.82) is 0 Å². The molecule has 0 amide bonds. The number of rotatable bonds is 13. The molecule has 7 atom stereocenters. The number of phosphoric acid groups is 1. The molecule has 2 aromatic heterocycles. The highest BCUT2D eigenvalue weighted by Gasteiger charge is 2.45. The second-order valence-electron chi connectivity index (χ2n) is 10.7. The van der Waals surface area contributed by atoms with Crippen molar-refractivity contribution in [3.8, 4) is 0 Å². The number of nitrogens with one attached hydrogen (secondary N) is 2. The summed E-state index contributed by atoms with van der Waals surface area (Å²) in [6.07, 6.45) is -4.11. The minimum Gasteiger partial charge on any atom is -0.459 e. The van der Waals surface area contributed by atoms with Gasteiger partial charge in [0.2, 0.25) is 0 Å². The summed E-state index contributed by atoms with van der Waals surface area (Å²) in [7, 11) is -3.37. The highest BCUT2D eigenvalue weighted by atomic mass is 31.2. The predicted molar refractivity (Wildman–Crippen MR) is 151 cm³/mol. The number of hydrogen-bond donors (Lipinski definition) is 3. The van der Waals surface area contributed by atoms with E-state index in [0.29, 0.717) is 0 Å². The molecule has 18 nitrogen and oxygen atoms in total. The average molecular weight is 659 g/mol. The van der Waals surface area contributed by atoms with E-state index in [1.165, 1.54) is 33.2 Å². The van der Waals surface area contributed by atoms with Gasteiger partial charge in [0, 0.05) is 49.9 Å². The van der Waals surface area contributed by atoms with Gasteiger partial charge in [-0.3, -0.25) is 47.1 Å². The number of aryl methyl sites for hydroxylation is 2. The first-order valence-corrected chi connectivity index (χ1v) is 15.4. The van der Waals surface area contributed by atoms with E-state index in [4.69, 9.17) is 27.8 Å². The van der Waals surface area contributed by atoms with Crippen LogP contribution < -0.4 is 22.5 Å². The lowest BCUT2D eigenvalue weighted by molar-refractivity contribution is -0.153. The van der Waals surface area contributed by atoms with Crippen molar-refractivity contribution in [2.45, 2.75) is 83.3 Å². The lowest BCUT2D eigenvalue weighted by Gasteiger charge is -2.24. The fourth-order valence-electron chi connectivity index (χ4n) is 4.85. The molecule has 0 radical (unpaired) electrons. The van der Waals surface area contributed by atoms with Gasteiger partial charge in [0.05, 0.1) is 19.6 Å². The summed E-state index contributed by atoms with van der Waals surface area (Å²) in [5.41, 5.74) is -2.23. The second kappa shape index (κ2) is 14.3. The fraction of sp³-hybridized carbons (Fsp3) is 0.615. The fourth-order valence-corrected chi connectivity index (χ4v) is 5.99. The van der Waals surface area contributed by atoms with E-state index in [2.05, 4.69) is 9.97 Å². The van der Waals surface area contributed by atoms with Gasteiger partial charge in [-0.05, 0) is 20.8 Å². The van der Waals surface area contributed by atoms with Gasteiger partial charge in [0.1, 0.15) is 42.7 Å². The number of aromatic nitrogens is 4. The molecule has 0 aromatic carbocycles. The van der Waals surface area contributed by atoms with Gasteiger partial charge in [-0.1, -0.05) is 0 Å². The highest BCUT2D eigenvalue weighted by molar-refractivity contribution is 7.48. The molecule has 2 fully saturated rings. The van der Waals surface area contributed by atoms with Crippen LogP contribution in [0.15, 0.2) is 31.6 Å². The molecule has 2 saturated heterocycles. The number of nitrogens with zero attached hydrogens (tertiary/aromatic N) is 2. The van der Waals surface area contributed by atoms with Crippen LogP contribution in [0.4, 0.5) is 0 Å². The Morgan fingerprint density at radius 2 is 1.47 bits per heavy atom. The molecule has 0 aliphatic carbocycles. The maximum absolute atomic E-state index is 13.5. The first-order chi connectivity index (χ1) is 21.2. The molecule has 4 rings (SSSR count). The molecule has 2 aliphatic heterocycles. The maximum Gasteiger partial charge on any atom is 0.474 e. The molecule has 2 aromatic rings. The zero-order valence-corrected chi connectivity index (χ0v) is 25.9. The Morgan fingerprint density at radius 3 is 1.98 bits per heavy atom. The standard InChI is InChI=1S/C26H35N4O14P/c1-13-9-29(25(36)27-23(13)34)20-7-16(43-22(33)6-5-15(3)32)19(42-20)12-40-45(38,39-4)44-17-8-21(41-18(17)11-31)30-10-14(2)24(35)28-26(30)37/h9-10,16-21,31H,5-8,11-12H2,1-4H3,(H,27,34,36)(H,28,35,37)/t16-,17-,18+,19+,20+,21+,45?/m0/s1. The molecule has 45 heavy (non-hydrogen) atoms. The van der Waals surface area contributed by atoms with E-state index in [0.717, 1.165) is 16.2 Å². The van der Waals surface area contributed by atoms with Gasteiger partial charge in [-0.2, -0.15) is 0 Å². The lowest BCUT2D eigenvalue weighted by Crippen LogP contribution is -2.33. The number of ketones is 1. The molecule has 248 valence electrons. The van der Waals surface area contributed by atoms with Crippen LogP contribution in [0.25, 0.3) is 0 Å². The number of hydrogen-bond acceptors (Lipinski definition) is 14. The van der Waals surface area contributed by atoms with E-state index in [1.807, 2.05) is 0 Å². The number of carbonyl (C=O) groups is 2. The molecule has 0 saturated carbocycles. The zero-order chi connectivity index (χ0) is 33.1. The Kier molecular flexibility index (Phi) is 10.9. The molecule has 1 unspecified atom stereocenters. The van der Waals surface area contributed by atoms with Crippen molar-refractivity contribution in [3.05, 3.63) is 65.2 Å². The monoisotopic (exact) mass is 658 g/mol. The van der Waals surface area contributed by atoms with Crippen molar-refractivity contribution in [3.63, 3.8) is 0 Å². The summed E-state index contributed by atoms with van der Waals surface area (Å²) in [5, 5.41) is 9.87. The van der Waals surface area contributed by atoms with Crippen LogP contribution in [-0.2, 0) is 41.9 Å². The molecular formula is C26H35N4O14P. The van der Waals surface area contributed by atoms with E-state index in [-0.39, 0.29) is 42.6 Å². The smallest absolute Gasteiger partial charge is 0.459 e. The molecule has 0 spiro atoms. The summed E-state index contributed by atoms with van der Waals surface area (Å²) in [4.78, 5) is 76.6. The first kappa shape index (κ1) is 34.4. The van der Waals surface area contributed by atoms with Crippen LogP contribution >= 0.6 is 7.82 Å². The molecule has 19 heteroatoms. The highest BCUT2D eigenvalue weighted by Crippen LogP contribution is 2.53. The Morgan fingerprint density at radius 1 is 0.933 bits per heavy atom. The van der Waals surface area contributed by atoms with E-state index < -0.39 is 86.4 Å². The number of Topliss-reactive ketones (excluding diaryl/α,β-unsaturated/α-hetero) is 1. The average Bonchev–Trinajstić information content (AvgIpc) is 3.57. The third-order valence-corrected chi connectivity index (χ3v) is 8.74. The van der Waals surface area contributed by atoms with Gasteiger partial charge in [0.25, 0.3) is 11.1 Å². The maximum atomic E-state index is 13.5. The van der Waals surface area contributed by atoms with Crippen molar-refractivity contribution in [1.82, 2.24) is 19.1 Å². The summed E-state index contributed by atoms with van der Waals surface area (Å²) < 4.78 is 49.2. The summed E-state index contributed by atoms with van der Waals surface area (Å²) in [5.74, 6) is -0.936. The Hall–Kier alpha value is -3.51. The van der Waals surface area contributed by atoms with Crippen molar-refractivity contribution in [2.75, 3.05) is 20.3 Å². The number of ether oxygens (including phenoxy) is 3. The Balaban J connectivity index is 1.49. The second-order valence-corrected chi connectivity index (χ2v) is 12.4. The molecule has 0 bridgehead atoms. The van der Waals surface area contributed by atoms with Crippen LogP contribution in [0.2, 0.25) is 0 Å². The van der Waals surface area contributed by atoms with E-state index in [9.17, 15) is 38.4 Å². The van der Waals surface area contributed by atoms with E-state index >= 15 is 0 Å². The summed E-state index contributed by atoms with van der Waals surface area (Å²) >= 11 is 0. The van der Waals surface area contributed by atoms with Gasteiger partial charge >= 0.3 is 25.2 Å². The third kappa shape index (κ3) is 8.21. The third-order valence-electron chi connectivity index (χ3n) is 7.30. The number of carbonyl (C=O) groups excluding carboxylic acids is 2. The van der Waals surface area contributed by atoms with Crippen molar-refractivity contribution >= 4 is 19.6 Å². The topological polar surface area (TPSA) is 237 Å². The summed E-state index contributed by atoms with van der Waals surface area (Å²) in [6, 6.07) is 0.